The first kappa shape index (κ1) is 19.6. The molecular weight excluding hydrogens is 284 g/mol. The number of ether oxygens (including phenoxy) is 2. The van der Waals surface area contributed by atoms with E-state index in [1.54, 1.807) is 0 Å². The van der Waals surface area contributed by atoms with E-state index in [1.165, 1.54) is 32.1 Å². The normalized spacial score (nSPS) is 29.3. The molecule has 0 saturated carbocycles. The van der Waals surface area contributed by atoms with Gasteiger partial charge in [-0.15, -0.1) is 0 Å². The van der Waals surface area contributed by atoms with Crippen LogP contribution in [0.2, 0.25) is 0 Å². The van der Waals surface area contributed by atoms with Crippen LogP contribution < -0.4 is 0 Å². The average molecular weight is 316 g/mol. The molecule has 3 N–H and O–H groups in total. The zero-order valence-electron chi connectivity index (χ0n) is 13.7. The third-order valence-corrected chi connectivity index (χ3v) is 4.03. The molecule has 1 saturated heterocycles. The summed E-state index contributed by atoms with van der Waals surface area (Å²) in [5, 5.41) is 28.6. The monoisotopic (exact) mass is 316 g/mol. The van der Waals surface area contributed by atoms with Gasteiger partial charge in [0.15, 0.2) is 0 Å². The van der Waals surface area contributed by atoms with Crippen LogP contribution >= 0.6 is 0 Å². The predicted molar refractivity (Wildman–Crippen MR) is 85.7 cm³/mol. The SMILES string of the molecule is C/C=C/CCCCCCCCOC[C@@H]1OC[C@@H](O)[C@H](O)[C@H]1O. The van der Waals surface area contributed by atoms with Crippen LogP contribution in [-0.4, -0.2) is 59.6 Å². The van der Waals surface area contributed by atoms with Crippen LogP contribution in [0.15, 0.2) is 12.2 Å². The zero-order valence-corrected chi connectivity index (χ0v) is 13.7. The summed E-state index contributed by atoms with van der Waals surface area (Å²) in [4.78, 5) is 0. The summed E-state index contributed by atoms with van der Waals surface area (Å²) in [7, 11) is 0. The highest BCUT2D eigenvalue weighted by Gasteiger charge is 2.37. The second-order valence-corrected chi connectivity index (χ2v) is 5.97. The number of aliphatic hydroxyl groups excluding tert-OH is 3. The largest absolute Gasteiger partial charge is 0.388 e. The molecule has 0 spiro atoms. The Bertz CT molecular complexity index is 295. The molecule has 0 unspecified atom stereocenters. The molecule has 0 amide bonds. The fraction of sp³-hybridized carbons (Fsp3) is 0.882. The van der Waals surface area contributed by atoms with Gasteiger partial charge < -0.3 is 24.8 Å². The maximum atomic E-state index is 9.75. The number of hydrogen-bond donors (Lipinski definition) is 3. The Hall–Kier alpha value is -0.460. The molecule has 1 fully saturated rings. The highest BCUT2D eigenvalue weighted by atomic mass is 16.6. The quantitative estimate of drug-likeness (QED) is 0.400. The molecule has 1 aliphatic heterocycles. The first-order valence-electron chi connectivity index (χ1n) is 8.51. The van der Waals surface area contributed by atoms with Crippen LogP contribution in [-0.2, 0) is 9.47 Å². The lowest BCUT2D eigenvalue weighted by molar-refractivity contribution is -0.199. The van der Waals surface area contributed by atoms with Gasteiger partial charge in [-0.05, 0) is 26.2 Å². The second-order valence-electron chi connectivity index (χ2n) is 5.97. The Morgan fingerprint density at radius 2 is 1.68 bits per heavy atom. The summed E-state index contributed by atoms with van der Waals surface area (Å²) in [6.07, 6.45) is 8.91. The minimum Gasteiger partial charge on any atom is -0.388 e. The van der Waals surface area contributed by atoms with Gasteiger partial charge in [0.05, 0.1) is 13.2 Å². The predicted octanol–water partition coefficient (Wildman–Crippen LogP) is 1.79. The number of allylic oxidation sites excluding steroid dienone is 2. The van der Waals surface area contributed by atoms with Gasteiger partial charge >= 0.3 is 0 Å². The van der Waals surface area contributed by atoms with Crippen molar-refractivity contribution in [3.63, 3.8) is 0 Å². The molecule has 1 aliphatic rings. The molecule has 0 aliphatic carbocycles. The van der Waals surface area contributed by atoms with Crippen molar-refractivity contribution in [1.29, 1.82) is 0 Å². The number of aliphatic hydroxyl groups is 3. The van der Waals surface area contributed by atoms with Gasteiger partial charge in [-0.25, -0.2) is 0 Å². The molecule has 130 valence electrons. The summed E-state index contributed by atoms with van der Waals surface area (Å²) in [5.74, 6) is 0. The molecule has 1 heterocycles. The van der Waals surface area contributed by atoms with E-state index in [0.717, 1.165) is 12.8 Å². The molecule has 0 aromatic heterocycles. The fourth-order valence-corrected chi connectivity index (χ4v) is 2.55. The van der Waals surface area contributed by atoms with Crippen molar-refractivity contribution < 1.29 is 24.8 Å². The topological polar surface area (TPSA) is 79.2 Å². The molecule has 0 bridgehead atoms. The van der Waals surface area contributed by atoms with Crippen LogP contribution in [0.4, 0.5) is 0 Å². The van der Waals surface area contributed by atoms with Crippen molar-refractivity contribution in [1.82, 2.24) is 0 Å². The second kappa shape index (κ2) is 12.0. The van der Waals surface area contributed by atoms with Crippen LogP contribution in [0.5, 0.6) is 0 Å². The Labute approximate surface area is 133 Å². The van der Waals surface area contributed by atoms with Crippen molar-refractivity contribution in [3.8, 4) is 0 Å². The molecule has 0 radical (unpaired) electrons. The van der Waals surface area contributed by atoms with Crippen molar-refractivity contribution >= 4 is 0 Å². The van der Waals surface area contributed by atoms with Gasteiger partial charge in [0.25, 0.3) is 0 Å². The molecular formula is C17H32O5. The molecule has 4 atom stereocenters. The van der Waals surface area contributed by atoms with E-state index in [0.29, 0.717) is 6.61 Å². The van der Waals surface area contributed by atoms with Crippen molar-refractivity contribution in [2.75, 3.05) is 19.8 Å². The molecule has 5 heteroatoms. The number of hydrogen-bond acceptors (Lipinski definition) is 5. The van der Waals surface area contributed by atoms with E-state index in [2.05, 4.69) is 19.1 Å². The van der Waals surface area contributed by atoms with E-state index in [9.17, 15) is 15.3 Å². The van der Waals surface area contributed by atoms with Gasteiger partial charge in [0.1, 0.15) is 24.4 Å². The maximum absolute atomic E-state index is 9.75. The Balaban J connectivity index is 1.91. The van der Waals surface area contributed by atoms with Gasteiger partial charge in [-0.2, -0.15) is 0 Å². The minimum atomic E-state index is -1.15. The summed E-state index contributed by atoms with van der Waals surface area (Å²) in [5.41, 5.74) is 0. The third-order valence-electron chi connectivity index (χ3n) is 4.03. The standard InChI is InChI=1S/C17H32O5/c1-2-3-4-5-6-7-8-9-10-11-21-13-15-17(20)16(19)14(18)12-22-15/h2-3,14-20H,4-13H2,1H3/b3-2+/t14-,15+,16+,17+/m1/s1. The zero-order chi connectivity index (χ0) is 16.2. The van der Waals surface area contributed by atoms with E-state index in [4.69, 9.17) is 9.47 Å². The smallest absolute Gasteiger partial charge is 0.111 e. The van der Waals surface area contributed by atoms with Crippen LogP contribution in [0.1, 0.15) is 51.9 Å². The summed E-state index contributed by atoms with van der Waals surface area (Å²) < 4.78 is 10.8. The number of unbranched alkanes of at least 4 members (excludes halogenated alkanes) is 6. The van der Waals surface area contributed by atoms with E-state index in [-0.39, 0.29) is 13.2 Å². The number of rotatable bonds is 11. The molecule has 22 heavy (non-hydrogen) atoms. The van der Waals surface area contributed by atoms with Crippen molar-refractivity contribution in [3.05, 3.63) is 12.2 Å². The van der Waals surface area contributed by atoms with Crippen LogP contribution in [0, 0.1) is 0 Å². The molecule has 0 aromatic carbocycles. The van der Waals surface area contributed by atoms with Crippen molar-refractivity contribution in [2.45, 2.75) is 76.3 Å². The summed E-state index contributed by atoms with van der Waals surface area (Å²) in [6.45, 7) is 3.00. The van der Waals surface area contributed by atoms with E-state index in [1.807, 2.05) is 0 Å². The van der Waals surface area contributed by atoms with Crippen LogP contribution in [0.3, 0.4) is 0 Å². The van der Waals surface area contributed by atoms with Crippen molar-refractivity contribution in [2.24, 2.45) is 0 Å². The van der Waals surface area contributed by atoms with E-state index >= 15 is 0 Å². The first-order chi connectivity index (χ1) is 10.7. The first-order valence-corrected chi connectivity index (χ1v) is 8.51. The molecule has 0 aromatic rings. The lowest BCUT2D eigenvalue weighted by atomic mass is 10.0. The highest BCUT2D eigenvalue weighted by Crippen LogP contribution is 2.16. The Morgan fingerprint density at radius 1 is 1.00 bits per heavy atom. The van der Waals surface area contributed by atoms with Gasteiger partial charge in [0.2, 0.25) is 0 Å². The maximum Gasteiger partial charge on any atom is 0.111 e. The van der Waals surface area contributed by atoms with Gasteiger partial charge in [-0.1, -0.05) is 37.8 Å². The molecule has 1 rings (SSSR count). The van der Waals surface area contributed by atoms with Gasteiger partial charge in [0, 0.05) is 6.61 Å². The minimum absolute atomic E-state index is 0.0411. The Morgan fingerprint density at radius 3 is 2.41 bits per heavy atom. The summed E-state index contributed by atoms with van der Waals surface area (Å²) >= 11 is 0. The van der Waals surface area contributed by atoms with E-state index < -0.39 is 24.4 Å². The average Bonchev–Trinajstić information content (AvgIpc) is 2.52. The molecule has 5 nitrogen and oxygen atoms in total. The lowest BCUT2D eigenvalue weighted by Crippen LogP contribution is -2.54. The van der Waals surface area contributed by atoms with Crippen LogP contribution in [0.25, 0.3) is 0 Å². The van der Waals surface area contributed by atoms with Gasteiger partial charge in [-0.3, -0.25) is 0 Å². The lowest BCUT2D eigenvalue weighted by Gasteiger charge is -2.35. The Kier molecular flexibility index (Phi) is 10.7. The highest BCUT2D eigenvalue weighted by molar-refractivity contribution is 4.86. The summed E-state index contributed by atoms with van der Waals surface area (Å²) in [6, 6.07) is 0. The fourth-order valence-electron chi connectivity index (χ4n) is 2.55. The third kappa shape index (κ3) is 7.70.